The van der Waals surface area contributed by atoms with Crippen LogP contribution in [0.15, 0.2) is 200 Å². The Morgan fingerprint density at radius 3 is 1.45 bits per heavy atom. The molecule has 0 aliphatic rings. The molecule has 11 aromatic rings. The van der Waals surface area contributed by atoms with Gasteiger partial charge in [0.25, 0.3) is 0 Å². The quantitative estimate of drug-likeness (QED) is 0.170. The van der Waals surface area contributed by atoms with Crippen molar-refractivity contribution in [2.24, 2.45) is 0 Å². The molecule has 0 amide bonds. The molecule has 0 radical (unpaired) electrons. The third kappa shape index (κ3) is 5.34. The average Bonchev–Trinajstić information content (AvgIpc) is 3.82. The van der Waals surface area contributed by atoms with Crippen LogP contribution >= 0.6 is 11.3 Å². The predicted octanol–water partition coefficient (Wildman–Crippen LogP) is 14.3. The summed E-state index contributed by atoms with van der Waals surface area (Å²) in [7, 11) is 0. The molecule has 0 spiro atoms. The number of thiophene rings is 1. The fraction of sp³-hybridized carbons (Fsp3) is 0. The molecule has 56 heavy (non-hydrogen) atoms. The van der Waals surface area contributed by atoms with Crippen molar-refractivity contribution in [3.63, 3.8) is 0 Å². The Hall–Kier alpha value is -7.14. The Morgan fingerprint density at radius 1 is 0.357 bits per heavy atom. The Labute approximate surface area is 328 Å². The highest BCUT2D eigenvalue weighted by molar-refractivity contribution is 7.26. The lowest BCUT2D eigenvalue weighted by atomic mass is 9.92. The minimum Gasteiger partial charge on any atom is -0.308 e. The van der Waals surface area contributed by atoms with Gasteiger partial charge in [0.05, 0.1) is 28.1 Å². The minimum atomic E-state index is 0.680. The minimum absolute atomic E-state index is 0.680. The number of rotatable bonds is 6. The van der Waals surface area contributed by atoms with E-state index in [-0.39, 0.29) is 0 Å². The normalized spacial score (nSPS) is 11.6. The van der Waals surface area contributed by atoms with Crippen molar-refractivity contribution in [2.75, 3.05) is 0 Å². The van der Waals surface area contributed by atoms with Gasteiger partial charge in [0.2, 0.25) is 0 Å². The van der Waals surface area contributed by atoms with E-state index in [1.165, 1.54) is 42.0 Å². The van der Waals surface area contributed by atoms with Gasteiger partial charge in [-0.1, -0.05) is 158 Å². The third-order valence-electron chi connectivity index (χ3n) is 10.8. The maximum absolute atomic E-state index is 5.30. The standard InChI is InChI=1S/C52H33N3S/c1-5-17-34(18-6-1)41-31-38(52-53-43(36-21-9-3-10-22-36)33-44(54-52)37-23-11-4-12-24-37)32-42(35-19-7-2-8-20-35)51(41)55-45-27-15-13-25-39(45)49-46(55)29-30-48-50(49)40-26-14-16-28-47(40)56-48/h1-33H. The van der Waals surface area contributed by atoms with Crippen LogP contribution in [0.5, 0.6) is 0 Å². The van der Waals surface area contributed by atoms with E-state index in [0.29, 0.717) is 5.82 Å². The molecule has 4 heteroatoms. The fourth-order valence-electron chi connectivity index (χ4n) is 8.29. The number of benzene rings is 8. The van der Waals surface area contributed by atoms with Crippen LogP contribution in [0.3, 0.4) is 0 Å². The molecular formula is C52H33N3S. The molecule has 0 saturated carbocycles. The monoisotopic (exact) mass is 731 g/mol. The molecule has 11 rings (SSSR count). The summed E-state index contributed by atoms with van der Waals surface area (Å²) in [5.74, 6) is 0.680. The number of nitrogens with zero attached hydrogens (tertiary/aromatic N) is 3. The lowest BCUT2D eigenvalue weighted by Crippen LogP contribution is -2.03. The molecular weight excluding hydrogens is 699 g/mol. The summed E-state index contributed by atoms with van der Waals surface area (Å²) in [6.07, 6.45) is 0. The molecule has 0 aliphatic heterocycles. The second kappa shape index (κ2) is 13.3. The van der Waals surface area contributed by atoms with E-state index < -0.39 is 0 Å². The first kappa shape index (κ1) is 32.3. The van der Waals surface area contributed by atoms with E-state index in [0.717, 1.165) is 56.0 Å². The van der Waals surface area contributed by atoms with Crippen molar-refractivity contribution in [1.82, 2.24) is 14.5 Å². The second-order valence-electron chi connectivity index (χ2n) is 14.1. The average molecular weight is 732 g/mol. The fourth-order valence-corrected chi connectivity index (χ4v) is 9.40. The van der Waals surface area contributed by atoms with Crippen LogP contribution in [-0.2, 0) is 0 Å². The van der Waals surface area contributed by atoms with Gasteiger partial charge in [0.15, 0.2) is 5.82 Å². The zero-order valence-corrected chi connectivity index (χ0v) is 31.1. The Kier molecular flexibility index (Phi) is 7.68. The highest BCUT2D eigenvalue weighted by Gasteiger charge is 2.24. The summed E-state index contributed by atoms with van der Waals surface area (Å²) in [5.41, 5.74) is 12.7. The molecule has 8 aromatic carbocycles. The summed E-state index contributed by atoms with van der Waals surface area (Å²) < 4.78 is 5.11. The lowest BCUT2D eigenvalue weighted by molar-refractivity contribution is 1.17. The molecule has 3 nitrogen and oxygen atoms in total. The largest absolute Gasteiger partial charge is 0.308 e. The molecule has 3 aromatic heterocycles. The number of fused-ring (bicyclic) bond motifs is 7. The van der Waals surface area contributed by atoms with Gasteiger partial charge in [-0.2, -0.15) is 0 Å². The van der Waals surface area contributed by atoms with E-state index in [2.05, 4.69) is 193 Å². The van der Waals surface area contributed by atoms with Crippen LogP contribution in [0, 0.1) is 0 Å². The summed E-state index contributed by atoms with van der Waals surface area (Å²) >= 11 is 1.87. The SMILES string of the molecule is c1ccc(-c2cc(-c3ccccc3)nc(-c3cc(-c4ccccc4)c(-n4c5ccccc5c5c6c(ccc54)sc4ccccc46)c(-c4ccccc4)c3)n2)cc1. The lowest BCUT2D eigenvalue weighted by Gasteiger charge is -2.21. The van der Waals surface area contributed by atoms with Crippen LogP contribution in [0.25, 0.3) is 104 Å². The van der Waals surface area contributed by atoms with Crippen LogP contribution in [0.4, 0.5) is 0 Å². The van der Waals surface area contributed by atoms with E-state index >= 15 is 0 Å². The molecule has 0 atom stereocenters. The van der Waals surface area contributed by atoms with Gasteiger partial charge in [-0.25, -0.2) is 9.97 Å². The molecule has 3 heterocycles. The van der Waals surface area contributed by atoms with Crippen molar-refractivity contribution in [3.05, 3.63) is 200 Å². The topological polar surface area (TPSA) is 30.7 Å². The molecule has 0 aliphatic carbocycles. The smallest absolute Gasteiger partial charge is 0.160 e. The van der Waals surface area contributed by atoms with Gasteiger partial charge in [0.1, 0.15) is 0 Å². The first-order valence-electron chi connectivity index (χ1n) is 18.9. The molecule has 0 fully saturated rings. The predicted molar refractivity (Wildman–Crippen MR) is 236 cm³/mol. The highest BCUT2D eigenvalue weighted by atomic mass is 32.1. The van der Waals surface area contributed by atoms with Crippen molar-refractivity contribution in [3.8, 4) is 61.8 Å². The van der Waals surface area contributed by atoms with Crippen molar-refractivity contribution < 1.29 is 0 Å². The van der Waals surface area contributed by atoms with Crippen LogP contribution in [0.1, 0.15) is 0 Å². The molecule has 0 saturated heterocycles. The van der Waals surface area contributed by atoms with Gasteiger partial charge in [-0.05, 0) is 53.6 Å². The van der Waals surface area contributed by atoms with Gasteiger partial charge < -0.3 is 4.57 Å². The van der Waals surface area contributed by atoms with E-state index in [9.17, 15) is 0 Å². The van der Waals surface area contributed by atoms with Crippen LogP contribution in [0.2, 0.25) is 0 Å². The first-order valence-corrected chi connectivity index (χ1v) is 19.7. The summed E-state index contributed by atoms with van der Waals surface area (Å²) in [6, 6.07) is 71.4. The number of hydrogen-bond donors (Lipinski definition) is 0. The first-order chi connectivity index (χ1) is 27.8. The summed E-state index contributed by atoms with van der Waals surface area (Å²) in [6.45, 7) is 0. The van der Waals surface area contributed by atoms with E-state index in [4.69, 9.17) is 9.97 Å². The summed E-state index contributed by atoms with van der Waals surface area (Å²) in [4.78, 5) is 10.6. The third-order valence-corrected chi connectivity index (χ3v) is 11.9. The van der Waals surface area contributed by atoms with Crippen LogP contribution in [-0.4, -0.2) is 14.5 Å². The van der Waals surface area contributed by atoms with Gasteiger partial charge in [-0.3, -0.25) is 0 Å². The molecule has 0 N–H and O–H groups in total. The maximum Gasteiger partial charge on any atom is 0.160 e. The molecule has 0 unspecified atom stereocenters. The van der Waals surface area contributed by atoms with Crippen molar-refractivity contribution >= 4 is 53.3 Å². The zero-order valence-electron chi connectivity index (χ0n) is 30.3. The maximum atomic E-state index is 5.30. The van der Waals surface area contributed by atoms with Gasteiger partial charge in [-0.15, -0.1) is 11.3 Å². The molecule has 0 bridgehead atoms. The Balaban J connectivity index is 1.27. The highest BCUT2D eigenvalue weighted by Crippen LogP contribution is 2.47. The second-order valence-corrected chi connectivity index (χ2v) is 15.2. The van der Waals surface area contributed by atoms with E-state index in [1.54, 1.807) is 0 Å². The van der Waals surface area contributed by atoms with Crippen molar-refractivity contribution in [1.29, 1.82) is 0 Å². The Morgan fingerprint density at radius 2 is 0.857 bits per heavy atom. The van der Waals surface area contributed by atoms with Gasteiger partial charge >= 0.3 is 0 Å². The number of para-hydroxylation sites is 1. The number of aromatic nitrogens is 3. The Bertz CT molecular complexity index is 3100. The van der Waals surface area contributed by atoms with Crippen LogP contribution < -0.4 is 0 Å². The number of hydrogen-bond acceptors (Lipinski definition) is 3. The zero-order chi connectivity index (χ0) is 37.0. The van der Waals surface area contributed by atoms with Crippen molar-refractivity contribution in [2.45, 2.75) is 0 Å². The molecule has 262 valence electrons. The summed E-state index contributed by atoms with van der Waals surface area (Å²) in [5, 5.41) is 5.14. The van der Waals surface area contributed by atoms with Gasteiger partial charge in [0, 0.05) is 58.8 Å². The van der Waals surface area contributed by atoms with E-state index in [1.807, 2.05) is 23.5 Å².